The molecule has 0 spiro atoms. The van der Waals surface area contributed by atoms with E-state index >= 15 is 0 Å². The van der Waals surface area contributed by atoms with E-state index in [1.165, 1.54) is 33.8 Å². The Morgan fingerprint density at radius 1 is 1.10 bits per heavy atom. The van der Waals surface area contributed by atoms with Crippen molar-refractivity contribution in [1.29, 1.82) is 0 Å². The van der Waals surface area contributed by atoms with Gasteiger partial charge in [0.05, 0.1) is 21.2 Å². The molecule has 0 radical (unpaired) electrons. The maximum absolute atomic E-state index is 12.8. The van der Waals surface area contributed by atoms with Crippen molar-refractivity contribution in [1.82, 2.24) is 9.29 Å². The number of benzene rings is 2. The van der Waals surface area contributed by atoms with Gasteiger partial charge in [0.15, 0.2) is 5.13 Å². The van der Waals surface area contributed by atoms with Gasteiger partial charge < -0.3 is 0 Å². The Morgan fingerprint density at radius 2 is 1.80 bits per heavy atom. The van der Waals surface area contributed by atoms with E-state index in [0.29, 0.717) is 28.9 Å². The molecule has 0 bridgehead atoms. The molecule has 0 aliphatic carbocycles. The first kappa shape index (κ1) is 22.7. The molecule has 0 fully saturated rings. The van der Waals surface area contributed by atoms with Gasteiger partial charge in [0.2, 0.25) is 10.0 Å². The molecule has 1 N–H and O–H groups in total. The minimum absolute atomic E-state index is 0.0108. The van der Waals surface area contributed by atoms with Gasteiger partial charge in [-0.05, 0) is 24.3 Å². The van der Waals surface area contributed by atoms with Gasteiger partial charge in [0, 0.05) is 29.1 Å². The molecular formula is C20H19Cl2N3O3S2. The SMILES string of the molecule is CCN(CC)S(=O)(=O)c1ccc(Cl)c(C(=O)Nc2nc(-c3ccccc3Cl)cs2)c1. The Bertz CT molecular complexity index is 1180. The van der Waals surface area contributed by atoms with Crippen LogP contribution in [-0.4, -0.2) is 36.7 Å². The van der Waals surface area contributed by atoms with Crippen LogP contribution in [-0.2, 0) is 10.0 Å². The largest absolute Gasteiger partial charge is 0.298 e. The summed E-state index contributed by atoms with van der Waals surface area (Å²) in [4.78, 5) is 17.2. The van der Waals surface area contributed by atoms with E-state index in [2.05, 4.69) is 10.3 Å². The Hall–Kier alpha value is -1.97. The minimum Gasteiger partial charge on any atom is -0.298 e. The smallest absolute Gasteiger partial charge is 0.259 e. The molecule has 1 aromatic heterocycles. The van der Waals surface area contributed by atoms with E-state index in [-0.39, 0.29) is 15.5 Å². The molecule has 1 amide bonds. The van der Waals surface area contributed by atoms with Gasteiger partial charge in [-0.3, -0.25) is 10.1 Å². The number of aromatic nitrogens is 1. The van der Waals surface area contributed by atoms with Crippen LogP contribution >= 0.6 is 34.5 Å². The molecule has 0 aliphatic heterocycles. The fourth-order valence-corrected chi connectivity index (χ4v) is 5.47. The van der Waals surface area contributed by atoms with Crippen LogP contribution in [0.2, 0.25) is 10.0 Å². The molecule has 3 aromatic rings. The van der Waals surface area contributed by atoms with Crippen molar-refractivity contribution in [3.63, 3.8) is 0 Å². The van der Waals surface area contributed by atoms with Gasteiger partial charge in [-0.2, -0.15) is 4.31 Å². The van der Waals surface area contributed by atoms with Crippen molar-refractivity contribution in [3.05, 3.63) is 63.5 Å². The molecule has 0 atom stereocenters. The van der Waals surface area contributed by atoms with Crippen molar-refractivity contribution in [3.8, 4) is 11.3 Å². The molecule has 2 aromatic carbocycles. The lowest BCUT2D eigenvalue weighted by molar-refractivity contribution is 0.102. The molecule has 158 valence electrons. The van der Waals surface area contributed by atoms with E-state index in [9.17, 15) is 13.2 Å². The van der Waals surface area contributed by atoms with Gasteiger partial charge >= 0.3 is 0 Å². The van der Waals surface area contributed by atoms with Crippen molar-refractivity contribution in [2.75, 3.05) is 18.4 Å². The number of thiazole rings is 1. The normalized spacial score (nSPS) is 11.6. The number of nitrogens with one attached hydrogen (secondary N) is 1. The van der Waals surface area contributed by atoms with Crippen molar-refractivity contribution in [2.24, 2.45) is 0 Å². The zero-order chi connectivity index (χ0) is 21.9. The van der Waals surface area contributed by atoms with E-state index < -0.39 is 15.9 Å². The summed E-state index contributed by atoms with van der Waals surface area (Å²) in [5, 5.41) is 5.51. The van der Waals surface area contributed by atoms with Gasteiger partial charge in [0.1, 0.15) is 0 Å². The molecule has 0 unspecified atom stereocenters. The fraction of sp³-hybridized carbons (Fsp3) is 0.200. The van der Waals surface area contributed by atoms with E-state index in [1.54, 1.807) is 25.3 Å². The number of rotatable bonds is 7. The number of hydrogen-bond donors (Lipinski definition) is 1. The van der Waals surface area contributed by atoms with Crippen LogP contribution < -0.4 is 5.32 Å². The number of halogens is 2. The van der Waals surface area contributed by atoms with Gasteiger partial charge in [-0.25, -0.2) is 13.4 Å². The van der Waals surface area contributed by atoms with Gasteiger partial charge in [-0.15, -0.1) is 11.3 Å². The Morgan fingerprint density at radius 3 is 2.47 bits per heavy atom. The number of carbonyl (C=O) groups is 1. The first-order valence-corrected chi connectivity index (χ1v) is 12.2. The van der Waals surface area contributed by atoms with Gasteiger partial charge in [-0.1, -0.05) is 55.2 Å². The average molecular weight is 484 g/mol. The highest BCUT2D eigenvalue weighted by Crippen LogP contribution is 2.31. The lowest BCUT2D eigenvalue weighted by Gasteiger charge is -2.19. The lowest BCUT2D eigenvalue weighted by Crippen LogP contribution is -2.30. The third-order valence-electron chi connectivity index (χ3n) is 4.40. The number of sulfonamides is 1. The zero-order valence-electron chi connectivity index (χ0n) is 16.2. The molecule has 3 rings (SSSR count). The standard InChI is InChI=1S/C20H19Cl2N3O3S2/c1-3-25(4-2)30(27,28)13-9-10-17(22)15(11-13)19(26)24-20-23-18(12-29-20)14-7-5-6-8-16(14)21/h5-12H,3-4H2,1-2H3,(H,23,24,26). The summed E-state index contributed by atoms with van der Waals surface area (Å²) < 4.78 is 26.8. The molecule has 0 saturated carbocycles. The molecule has 0 saturated heterocycles. The molecular weight excluding hydrogens is 465 g/mol. The van der Waals surface area contributed by atoms with Crippen molar-refractivity contribution < 1.29 is 13.2 Å². The van der Waals surface area contributed by atoms with Crippen LogP contribution in [0.15, 0.2) is 52.7 Å². The monoisotopic (exact) mass is 483 g/mol. The minimum atomic E-state index is -3.72. The topological polar surface area (TPSA) is 79.4 Å². The summed E-state index contributed by atoms with van der Waals surface area (Å²) in [6, 6.07) is 11.4. The lowest BCUT2D eigenvalue weighted by atomic mass is 10.2. The predicted octanol–water partition coefficient (Wildman–Crippen LogP) is 5.40. The van der Waals surface area contributed by atoms with Crippen molar-refractivity contribution in [2.45, 2.75) is 18.7 Å². The number of nitrogens with zero attached hydrogens (tertiary/aromatic N) is 2. The fourth-order valence-electron chi connectivity index (χ4n) is 2.84. The van der Waals surface area contributed by atoms with Crippen LogP contribution in [0.4, 0.5) is 5.13 Å². The summed E-state index contributed by atoms with van der Waals surface area (Å²) in [6.07, 6.45) is 0. The quantitative estimate of drug-likeness (QED) is 0.487. The van der Waals surface area contributed by atoms with E-state index in [1.807, 2.05) is 18.2 Å². The van der Waals surface area contributed by atoms with Crippen LogP contribution in [0.25, 0.3) is 11.3 Å². The number of hydrogen-bond acceptors (Lipinski definition) is 5. The molecule has 10 heteroatoms. The van der Waals surface area contributed by atoms with Crippen LogP contribution in [0.3, 0.4) is 0 Å². The maximum atomic E-state index is 12.8. The Balaban J connectivity index is 1.87. The molecule has 6 nitrogen and oxygen atoms in total. The summed E-state index contributed by atoms with van der Waals surface area (Å²) in [7, 11) is -3.72. The highest BCUT2D eigenvalue weighted by Gasteiger charge is 2.24. The van der Waals surface area contributed by atoms with Crippen molar-refractivity contribution >= 4 is 55.6 Å². The van der Waals surface area contributed by atoms with E-state index in [0.717, 1.165) is 5.56 Å². The van der Waals surface area contributed by atoms with Crippen LogP contribution in [0.5, 0.6) is 0 Å². The summed E-state index contributed by atoms with van der Waals surface area (Å²) >= 11 is 13.6. The number of amides is 1. The number of anilines is 1. The highest BCUT2D eigenvalue weighted by atomic mass is 35.5. The van der Waals surface area contributed by atoms with E-state index in [4.69, 9.17) is 23.2 Å². The average Bonchev–Trinajstić information content (AvgIpc) is 3.17. The molecule has 30 heavy (non-hydrogen) atoms. The highest BCUT2D eigenvalue weighted by molar-refractivity contribution is 7.89. The second kappa shape index (κ2) is 9.45. The Kier molecular flexibility index (Phi) is 7.15. The first-order chi connectivity index (χ1) is 14.3. The molecule has 1 heterocycles. The van der Waals surface area contributed by atoms with Crippen LogP contribution in [0, 0.1) is 0 Å². The molecule has 0 aliphatic rings. The van der Waals surface area contributed by atoms with Gasteiger partial charge in [0.25, 0.3) is 5.91 Å². The summed E-state index contributed by atoms with van der Waals surface area (Å²) in [6.45, 7) is 4.16. The maximum Gasteiger partial charge on any atom is 0.259 e. The first-order valence-electron chi connectivity index (χ1n) is 9.09. The predicted molar refractivity (Wildman–Crippen MR) is 122 cm³/mol. The second-order valence-electron chi connectivity index (χ2n) is 6.20. The zero-order valence-corrected chi connectivity index (χ0v) is 19.4. The number of carbonyl (C=O) groups excluding carboxylic acids is 1. The Labute approximate surface area is 189 Å². The third kappa shape index (κ3) is 4.68. The summed E-state index contributed by atoms with van der Waals surface area (Å²) in [5.74, 6) is -0.545. The third-order valence-corrected chi connectivity index (χ3v) is 7.86. The van der Waals surface area contributed by atoms with Crippen LogP contribution in [0.1, 0.15) is 24.2 Å². The second-order valence-corrected chi connectivity index (χ2v) is 9.81. The summed E-state index contributed by atoms with van der Waals surface area (Å²) in [5.41, 5.74) is 1.44.